The maximum atomic E-state index is 11.9. The van der Waals surface area contributed by atoms with Crippen LogP contribution in [0.2, 0.25) is 0 Å². The van der Waals surface area contributed by atoms with Gasteiger partial charge in [-0.15, -0.1) is 0 Å². The Morgan fingerprint density at radius 1 is 1.20 bits per heavy atom. The first-order valence-corrected chi connectivity index (χ1v) is 7.46. The molecule has 0 atom stereocenters. The molecule has 0 aromatic heterocycles. The number of nitrogens with one attached hydrogen (secondary N) is 1. The zero-order valence-corrected chi connectivity index (χ0v) is 13.4. The van der Waals surface area contributed by atoms with Gasteiger partial charge in [0, 0.05) is 9.13 Å². The van der Waals surface area contributed by atoms with Crippen LogP contribution >= 0.6 is 22.6 Å². The molecule has 0 spiro atoms. The van der Waals surface area contributed by atoms with Gasteiger partial charge in [0.25, 0.3) is 5.91 Å². The van der Waals surface area contributed by atoms with Crippen LogP contribution in [0.4, 0.5) is 0 Å². The van der Waals surface area contributed by atoms with E-state index in [4.69, 9.17) is 4.74 Å². The maximum absolute atomic E-state index is 11.9. The van der Waals surface area contributed by atoms with Crippen molar-refractivity contribution in [3.8, 4) is 5.75 Å². The Bertz CT molecular complexity index is 581. The molecule has 4 heteroatoms. The lowest BCUT2D eigenvalue weighted by Gasteiger charge is -2.08. The maximum Gasteiger partial charge on any atom is 0.251 e. The summed E-state index contributed by atoms with van der Waals surface area (Å²) in [5.41, 5.74) is 1.83. The van der Waals surface area contributed by atoms with Crippen molar-refractivity contribution in [3.05, 3.63) is 63.2 Å². The van der Waals surface area contributed by atoms with Gasteiger partial charge in [0.05, 0.1) is 6.54 Å². The summed E-state index contributed by atoms with van der Waals surface area (Å²) < 4.78 is 6.69. The number of carbonyl (C=O) groups is 1. The molecule has 0 unspecified atom stereocenters. The summed E-state index contributed by atoms with van der Waals surface area (Å²) in [5.74, 6) is 0.753. The number of hydrogen-bond donors (Lipinski definition) is 1. The van der Waals surface area contributed by atoms with Gasteiger partial charge < -0.3 is 10.1 Å². The third kappa shape index (κ3) is 4.52. The van der Waals surface area contributed by atoms with Crippen LogP contribution in [0.1, 0.15) is 15.9 Å². The number of carbonyl (C=O) groups excluding carboxylic acids is 1. The van der Waals surface area contributed by atoms with Gasteiger partial charge in [-0.25, -0.2) is 0 Å². The van der Waals surface area contributed by atoms with Gasteiger partial charge in [-0.3, -0.25) is 4.79 Å². The van der Waals surface area contributed by atoms with Gasteiger partial charge in [-0.1, -0.05) is 12.1 Å². The molecule has 104 valence electrons. The number of ether oxygens (including phenoxy) is 1. The molecule has 2 aromatic carbocycles. The molecule has 0 saturated heterocycles. The van der Waals surface area contributed by atoms with Crippen molar-refractivity contribution in [2.45, 2.75) is 6.92 Å². The van der Waals surface area contributed by atoms with Crippen molar-refractivity contribution in [2.75, 3.05) is 13.2 Å². The van der Waals surface area contributed by atoms with Gasteiger partial charge in [0.2, 0.25) is 0 Å². The molecule has 2 aromatic rings. The predicted molar refractivity (Wildman–Crippen MR) is 88.2 cm³/mol. The van der Waals surface area contributed by atoms with Gasteiger partial charge in [0.15, 0.2) is 0 Å². The largest absolute Gasteiger partial charge is 0.492 e. The highest BCUT2D eigenvalue weighted by Gasteiger charge is 2.04. The first kappa shape index (κ1) is 14.8. The van der Waals surface area contributed by atoms with E-state index in [1.165, 1.54) is 0 Å². The Morgan fingerprint density at radius 3 is 2.65 bits per heavy atom. The van der Waals surface area contributed by atoms with Crippen molar-refractivity contribution in [1.82, 2.24) is 5.32 Å². The van der Waals surface area contributed by atoms with Crippen LogP contribution in [0.5, 0.6) is 5.75 Å². The molecule has 0 fully saturated rings. The molecular formula is C16H16INO2. The minimum absolute atomic E-state index is 0.0748. The number of aryl methyl sites for hydroxylation is 1. The molecule has 0 saturated carbocycles. The second-order valence-corrected chi connectivity index (χ2v) is 5.67. The van der Waals surface area contributed by atoms with E-state index in [0.717, 1.165) is 14.9 Å². The van der Waals surface area contributed by atoms with Crippen LogP contribution in [-0.2, 0) is 0 Å². The van der Waals surface area contributed by atoms with Crippen molar-refractivity contribution in [3.63, 3.8) is 0 Å². The van der Waals surface area contributed by atoms with Crippen LogP contribution in [0, 0.1) is 10.5 Å². The lowest BCUT2D eigenvalue weighted by molar-refractivity contribution is 0.0947. The van der Waals surface area contributed by atoms with E-state index >= 15 is 0 Å². The minimum Gasteiger partial charge on any atom is -0.492 e. The molecule has 0 aliphatic carbocycles. The topological polar surface area (TPSA) is 38.3 Å². The fraction of sp³-hybridized carbons (Fsp3) is 0.188. The Labute approximate surface area is 132 Å². The normalized spacial score (nSPS) is 10.1. The number of hydrogen-bond acceptors (Lipinski definition) is 2. The van der Waals surface area contributed by atoms with Crippen molar-refractivity contribution in [2.24, 2.45) is 0 Å². The Kier molecular flexibility index (Phi) is 5.40. The van der Waals surface area contributed by atoms with Crippen LogP contribution in [0.25, 0.3) is 0 Å². The third-order valence-electron chi connectivity index (χ3n) is 2.75. The number of halogens is 1. The van der Waals surface area contributed by atoms with E-state index in [1.807, 2.05) is 55.5 Å². The van der Waals surface area contributed by atoms with E-state index in [2.05, 4.69) is 27.9 Å². The summed E-state index contributed by atoms with van der Waals surface area (Å²) in [6.07, 6.45) is 0. The second kappa shape index (κ2) is 7.28. The quantitative estimate of drug-likeness (QED) is 0.637. The van der Waals surface area contributed by atoms with Gasteiger partial charge >= 0.3 is 0 Å². The molecule has 1 amide bonds. The molecule has 0 radical (unpaired) electrons. The van der Waals surface area contributed by atoms with Crippen molar-refractivity contribution in [1.29, 1.82) is 0 Å². The van der Waals surface area contributed by atoms with Crippen LogP contribution in [-0.4, -0.2) is 19.1 Å². The molecule has 2 rings (SSSR count). The lowest BCUT2D eigenvalue weighted by Crippen LogP contribution is -2.28. The van der Waals surface area contributed by atoms with Gasteiger partial charge in [-0.05, 0) is 71.5 Å². The highest BCUT2D eigenvalue weighted by Crippen LogP contribution is 2.11. The van der Waals surface area contributed by atoms with Gasteiger partial charge in [-0.2, -0.15) is 0 Å². The molecule has 1 N–H and O–H groups in total. The van der Waals surface area contributed by atoms with Gasteiger partial charge in [0.1, 0.15) is 12.4 Å². The first-order valence-electron chi connectivity index (χ1n) is 6.38. The molecule has 3 nitrogen and oxygen atoms in total. The second-order valence-electron chi connectivity index (χ2n) is 4.43. The van der Waals surface area contributed by atoms with E-state index in [1.54, 1.807) is 0 Å². The highest BCUT2D eigenvalue weighted by atomic mass is 127. The molecule has 0 heterocycles. The Balaban J connectivity index is 1.76. The standard InChI is InChI=1S/C16H16INO2/c1-12-3-2-4-15(11-12)20-10-9-18-16(19)13-5-7-14(17)8-6-13/h2-8,11H,9-10H2,1H3,(H,18,19). The fourth-order valence-corrected chi connectivity index (χ4v) is 2.10. The summed E-state index contributed by atoms with van der Waals surface area (Å²) in [6, 6.07) is 15.3. The average Bonchev–Trinajstić information content (AvgIpc) is 2.44. The molecule has 0 bridgehead atoms. The highest BCUT2D eigenvalue weighted by molar-refractivity contribution is 14.1. The van der Waals surface area contributed by atoms with Crippen molar-refractivity contribution < 1.29 is 9.53 Å². The summed E-state index contributed by atoms with van der Waals surface area (Å²) in [4.78, 5) is 11.9. The van der Waals surface area contributed by atoms with E-state index in [0.29, 0.717) is 18.7 Å². The Morgan fingerprint density at radius 2 is 1.95 bits per heavy atom. The predicted octanol–water partition coefficient (Wildman–Crippen LogP) is 3.41. The first-order chi connectivity index (χ1) is 9.65. The summed E-state index contributed by atoms with van der Waals surface area (Å²) in [5, 5.41) is 2.84. The van der Waals surface area contributed by atoms with E-state index in [-0.39, 0.29) is 5.91 Å². The fourth-order valence-electron chi connectivity index (χ4n) is 1.74. The van der Waals surface area contributed by atoms with Crippen molar-refractivity contribution >= 4 is 28.5 Å². The summed E-state index contributed by atoms with van der Waals surface area (Å²) in [6.45, 7) is 2.96. The molecular weight excluding hydrogens is 365 g/mol. The van der Waals surface area contributed by atoms with Crippen LogP contribution < -0.4 is 10.1 Å². The monoisotopic (exact) mass is 381 g/mol. The number of rotatable bonds is 5. The van der Waals surface area contributed by atoms with Crippen LogP contribution in [0.15, 0.2) is 48.5 Å². The SMILES string of the molecule is Cc1cccc(OCCNC(=O)c2ccc(I)cc2)c1. The zero-order chi connectivity index (χ0) is 14.4. The van der Waals surface area contributed by atoms with Crippen LogP contribution in [0.3, 0.4) is 0 Å². The zero-order valence-electron chi connectivity index (χ0n) is 11.2. The number of benzene rings is 2. The molecule has 0 aliphatic rings. The summed E-state index contributed by atoms with van der Waals surface area (Å²) in [7, 11) is 0. The smallest absolute Gasteiger partial charge is 0.251 e. The summed E-state index contributed by atoms with van der Waals surface area (Å²) >= 11 is 2.21. The van der Waals surface area contributed by atoms with E-state index in [9.17, 15) is 4.79 Å². The van der Waals surface area contributed by atoms with E-state index < -0.39 is 0 Å². The molecule has 0 aliphatic heterocycles. The lowest BCUT2D eigenvalue weighted by atomic mass is 10.2. The average molecular weight is 381 g/mol. The molecule has 20 heavy (non-hydrogen) atoms. The number of amides is 1. The minimum atomic E-state index is -0.0748. The third-order valence-corrected chi connectivity index (χ3v) is 3.47. The Hall–Kier alpha value is -1.56.